The molecule has 2 fully saturated rings. The van der Waals surface area contributed by atoms with Crippen LogP contribution in [0, 0.1) is 10.8 Å². The van der Waals surface area contributed by atoms with Crippen LogP contribution in [0.5, 0.6) is 0 Å². The predicted octanol–water partition coefficient (Wildman–Crippen LogP) is 8.80. The monoisotopic (exact) mass is 850 g/mol. The van der Waals surface area contributed by atoms with E-state index in [0.717, 1.165) is 48.3 Å². The zero-order valence-corrected chi connectivity index (χ0v) is 38.5. The van der Waals surface area contributed by atoms with E-state index in [1.807, 2.05) is 98.7 Å². The summed E-state index contributed by atoms with van der Waals surface area (Å²) in [6.45, 7) is 17.8. The summed E-state index contributed by atoms with van der Waals surface area (Å²) in [7, 11) is 0. The Hall–Kier alpha value is -3.96. The van der Waals surface area contributed by atoms with Crippen LogP contribution in [-0.2, 0) is 30.3 Å². The van der Waals surface area contributed by atoms with Gasteiger partial charge in [-0.25, -0.2) is 4.79 Å². The van der Waals surface area contributed by atoms with Gasteiger partial charge in [0, 0.05) is 48.1 Å². The van der Waals surface area contributed by atoms with Gasteiger partial charge in [-0.2, -0.15) is 0 Å². The fourth-order valence-electron chi connectivity index (χ4n) is 8.09. The standard InChI is InChI=1S/C21H31N3O2.C21H30N2O3.C6H11ClO/c1-21(2,3)19(25)14-24-18-12-8-7-11-17(18)23(13-16(22)20(24)26)15-9-5-4-6-10-15;1-21(2,3)26-20(25)22-17-14-23(16-10-5-4-6-11-16)18-12-8-7-9-15(18)13-19(17)24;1-6(2,3)5(8)4-7/h7-8,11-12,15-16H,4-6,9-10,13-14,22H2,1-3H3;7-9,12,16-17H,4-6,10-11,13-14H2,1-3H3,(H,22,25);4H2,1-3H3/t16-;17-;/m11./s1. The highest BCUT2D eigenvalue weighted by Crippen LogP contribution is 2.37. The minimum Gasteiger partial charge on any atom is -0.444 e. The molecule has 2 aromatic carbocycles. The molecule has 12 heteroatoms. The van der Waals surface area contributed by atoms with Gasteiger partial charge in [-0.05, 0) is 70.2 Å². The second kappa shape index (κ2) is 21.2. The molecule has 0 bridgehead atoms. The van der Waals surface area contributed by atoms with Gasteiger partial charge in [-0.1, -0.05) is 110 Å². The lowest BCUT2D eigenvalue weighted by Gasteiger charge is -2.37. The highest BCUT2D eigenvalue weighted by atomic mass is 35.5. The highest BCUT2D eigenvalue weighted by Gasteiger charge is 2.37. The topological polar surface area (TPSA) is 142 Å². The molecule has 2 heterocycles. The first-order valence-electron chi connectivity index (χ1n) is 22.0. The largest absolute Gasteiger partial charge is 0.444 e. The summed E-state index contributed by atoms with van der Waals surface area (Å²) in [6, 6.07) is 15.8. The molecular weight excluding hydrogens is 778 g/mol. The third kappa shape index (κ3) is 13.8. The van der Waals surface area contributed by atoms with E-state index < -0.39 is 29.2 Å². The van der Waals surface area contributed by atoms with E-state index in [2.05, 4.69) is 27.2 Å². The third-order valence-corrected chi connectivity index (χ3v) is 12.0. The summed E-state index contributed by atoms with van der Waals surface area (Å²) < 4.78 is 5.37. The van der Waals surface area contributed by atoms with E-state index in [0.29, 0.717) is 31.6 Å². The Kier molecular flexibility index (Phi) is 17.2. The van der Waals surface area contributed by atoms with Crippen molar-refractivity contribution in [1.82, 2.24) is 5.32 Å². The molecule has 0 radical (unpaired) electrons. The van der Waals surface area contributed by atoms with Crippen molar-refractivity contribution in [2.75, 3.05) is 40.2 Å². The number of carbonyl (C=O) groups is 5. The summed E-state index contributed by atoms with van der Waals surface area (Å²) in [6.07, 6.45) is 11.8. The second-order valence-corrected chi connectivity index (χ2v) is 20.1. The van der Waals surface area contributed by atoms with E-state index in [1.54, 1.807) is 4.90 Å². The molecular formula is C48H72ClN5O6. The maximum Gasteiger partial charge on any atom is 0.408 e. The Morgan fingerprint density at radius 1 is 0.700 bits per heavy atom. The van der Waals surface area contributed by atoms with Gasteiger partial charge in [0.05, 0.1) is 23.8 Å². The Morgan fingerprint density at radius 3 is 1.67 bits per heavy atom. The van der Waals surface area contributed by atoms with Crippen molar-refractivity contribution >= 4 is 58.0 Å². The molecule has 2 aromatic rings. The lowest BCUT2D eigenvalue weighted by Crippen LogP contribution is -2.51. The van der Waals surface area contributed by atoms with Crippen molar-refractivity contribution in [2.24, 2.45) is 16.6 Å². The number of Topliss-reactive ketones (excluding diaryl/α,β-unsaturated/α-hetero) is 3. The predicted molar refractivity (Wildman–Crippen MR) is 243 cm³/mol. The van der Waals surface area contributed by atoms with Gasteiger partial charge in [0.1, 0.15) is 17.7 Å². The first-order chi connectivity index (χ1) is 28.1. The number of nitrogens with two attached hydrogens (primary N) is 1. The van der Waals surface area contributed by atoms with Crippen LogP contribution in [0.1, 0.15) is 132 Å². The van der Waals surface area contributed by atoms with Crippen LogP contribution in [-0.4, -0.2) is 84.6 Å². The second-order valence-electron chi connectivity index (χ2n) is 19.9. The van der Waals surface area contributed by atoms with Crippen molar-refractivity contribution < 1.29 is 28.7 Å². The first kappa shape index (κ1) is 48.7. The lowest BCUT2D eigenvalue weighted by molar-refractivity contribution is -0.127. The van der Waals surface area contributed by atoms with E-state index in [4.69, 9.17) is 22.1 Å². The van der Waals surface area contributed by atoms with Gasteiger partial charge in [0.15, 0.2) is 17.3 Å². The Bertz CT molecular complexity index is 1780. The summed E-state index contributed by atoms with van der Waals surface area (Å²) in [5.41, 5.74) is 8.99. The molecule has 3 N–H and O–H groups in total. The SMILES string of the molecule is CC(C)(C)C(=O)CCl.CC(C)(C)C(=O)CN1C(=O)[C@H](N)CN(C2CCCCC2)c2ccccc21.CC(C)(C)OC(=O)N[C@@H]1CN(C2CCCCC2)c2ccccc2CC1=O. The van der Waals surface area contributed by atoms with Crippen molar-refractivity contribution in [3.63, 3.8) is 0 Å². The fraction of sp³-hybridized carbons (Fsp3) is 0.646. The number of alkyl halides is 1. The van der Waals surface area contributed by atoms with Crippen LogP contribution in [0.15, 0.2) is 48.5 Å². The number of hydrogen-bond acceptors (Lipinski definition) is 9. The summed E-state index contributed by atoms with van der Waals surface area (Å²) in [5, 5.41) is 2.82. The summed E-state index contributed by atoms with van der Waals surface area (Å²) in [5.74, 6) is 0.150. The van der Waals surface area contributed by atoms with Gasteiger partial charge < -0.3 is 30.5 Å². The summed E-state index contributed by atoms with van der Waals surface area (Å²) >= 11 is 5.29. The number of carbonyl (C=O) groups excluding carboxylic acids is 5. The van der Waals surface area contributed by atoms with E-state index >= 15 is 0 Å². The van der Waals surface area contributed by atoms with Gasteiger partial charge >= 0.3 is 6.09 Å². The molecule has 2 amide bonds. The Balaban J connectivity index is 0.000000224. The number of ketones is 3. The minimum atomic E-state index is -0.614. The van der Waals surface area contributed by atoms with E-state index in [1.165, 1.54) is 38.5 Å². The number of nitrogens with one attached hydrogen (secondary N) is 1. The van der Waals surface area contributed by atoms with Gasteiger partial charge in [0.25, 0.3) is 0 Å². The molecule has 11 nitrogen and oxygen atoms in total. The lowest BCUT2D eigenvalue weighted by atomic mass is 9.90. The average molecular weight is 851 g/mol. The molecule has 332 valence electrons. The number of fused-ring (bicyclic) bond motifs is 2. The van der Waals surface area contributed by atoms with Crippen molar-refractivity contribution in [3.05, 3.63) is 54.1 Å². The number of amides is 2. The molecule has 2 atom stereocenters. The molecule has 4 aliphatic rings. The normalized spacial score (nSPS) is 20.6. The van der Waals surface area contributed by atoms with Crippen molar-refractivity contribution in [1.29, 1.82) is 0 Å². The maximum absolute atomic E-state index is 13.0. The van der Waals surface area contributed by atoms with Crippen LogP contribution in [0.2, 0.25) is 0 Å². The number of alkyl carbamates (subject to hydrolysis) is 1. The number of halogens is 1. The smallest absolute Gasteiger partial charge is 0.408 e. The summed E-state index contributed by atoms with van der Waals surface area (Å²) in [4.78, 5) is 67.7. The van der Waals surface area contributed by atoms with Crippen LogP contribution in [0.3, 0.4) is 0 Å². The zero-order chi connectivity index (χ0) is 44.4. The number of para-hydroxylation sites is 3. The number of anilines is 3. The van der Waals surface area contributed by atoms with Gasteiger partial charge in [-0.15, -0.1) is 11.6 Å². The molecule has 0 unspecified atom stereocenters. The minimum absolute atomic E-state index is 0.0407. The Labute approximate surface area is 364 Å². The molecule has 6 rings (SSSR count). The average Bonchev–Trinajstić information content (AvgIpc) is 3.39. The number of hydrogen-bond donors (Lipinski definition) is 2. The van der Waals surface area contributed by atoms with Gasteiger partial charge in [-0.3, -0.25) is 19.2 Å². The molecule has 0 spiro atoms. The quantitative estimate of drug-likeness (QED) is 0.273. The number of ether oxygens (including phenoxy) is 1. The first-order valence-corrected chi connectivity index (χ1v) is 22.6. The van der Waals surface area contributed by atoms with Crippen molar-refractivity contribution in [2.45, 2.75) is 163 Å². The van der Waals surface area contributed by atoms with Crippen molar-refractivity contribution in [3.8, 4) is 0 Å². The van der Waals surface area contributed by atoms with Gasteiger partial charge in [0.2, 0.25) is 5.91 Å². The molecule has 0 aromatic heterocycles. The zero-order valence-electron chi connectivity index (χ0n) is 37.8. The third-order valence-electron chi connectivity index (χ3n) is 11.7. The number of benzene rings is 2. The van der Waals surface area contributed by atoms with Crippen LogP contribution < -0.4 is 25.8 Å². The fourth-order valence-corrected chi connectivity index (χ4v) is 8.49. The molecule has 2 aliphatic carbocycles. The molecule has 2 saturated carbocycles. The highest BCUT2D eigenvalue weighted by molar-refractivity contribution is 6.28. The molecule has 60 heavy (non-hydrogen) atoms. The van der Waals surface area contributed by atoms with Crippen LogP contribution in [0.25, 0.3) is 0 Å². The number of nitrogens with zero attached hydrogens (tertiary/aromatic N) is 3. The molecule has 0 saturated heterocycles. The number of rotatable bonds is 6. The van der Waals surface area contributed by atoms with E-state index in [-0.39, 0.29) is 41.1 Å². The Morgan fingerprint density at radius 2 is 1.18 bits per heavy atom. The maximum atomic E-state index is 13.0. The molecule has 2 aliphatic heterocycles. The van der Waals surface area contributed by atoms with E-state index in [9.17, 15) is 24.0 Å². The van der Waals surface area contributed by atoms with Crippen LogP contribution >= 0.6 is 11.6 Å². The van der Waals surface area contributed by atoms with Crippen LogP contribution in [0.4, 0.5) is 21.9 Å².